The molecule has 0 radical (unpaired) electrons. The zero-order valence-corrected chi connectivity index (χ0v) is 9.58. The number of hydrogen-bond donors (Lipinski definition) is 0. The molecule has 2 nitrogen and oxygen atoms in total. The summed E-state index contributed by atoms with van der Waals surface area (Å²) in [6.07, 6.45) is 0. The molecule has 0 aliphatic heterocycles. The lowest BCUT2D eigenvalue weighted by molar-refractivity contribution is 0.107. The molecule has 0 bridgehead atoms. The van der Waals surface area contributed by atoms with Gasteiger partial charge in [0.2, 0.25) is 0 Å². The van der Waals surface area contributed by atoms with Crippen LogP contribution in [-0.4, -0.2) is 11.8 Å². The number of halogens is 3. The van der Waals surface area contributed by atoms with E-state index in [1.807, 2.05) is 0 Å². The first-order valence-corrected chi connectivity index (χ1v) is 5.01. The largest absolute Gasteiger partial charge is 0.491 e. The average Bonchev–Trinajstić information content (AvgIpc) is 2.09. The molecule has 0 aliphatic carbocycles. The number of hydrogen-bond acceptors (Lipinski definition) is 2. The molecule has 14 heavy (non-hydrogen) atoms. The molecular weight excluding hydrogens is 246 g/mol. The van der Waals surface area contributed by atoms with Gasteiger partial charge in [-0.25, -0.2) is 0 Å². The van der Waals surface area contributed by atoms with Gasteiger partial charge in [-0.3, -0.25) is 4.79 Å². The Hall–Kier alpha value is -0.440. The highest BCUT2D eigenvalue weighted by Gasteiger charge is 2.15. The van der Waals surface area contributed by atoms with Gasteiger partial charge in [0.25, 0.3) is 5.24 Å². The van der Waals surface area contributed by atoms with Gasteiger partial charge in [-0.1, -0.05) is 23.2 Å². The lowest BCUT2D eigenvalue weighted by Crippen LogP contribution is -2.00. The summed E-state index contributed by atoms with van der Waals surface area (Å²) in [7, 11) is 0. The number of carbonyl (C=O) groups excluding carboxylic acids is 1. The van der Waals surface area contributed by atoms with Crippen LogP contribution in [0.1, 0.15) is 17.3 Å². The first-order chi connectivity index (χ1) is 6.56. The van der Waals surface area contributed by atoms with Crippen LogP contribution in [0.3, 0.4) is 0 Å². The smallest absolute Gasteiger partial charge is 0.256 e. The Morgan fingerprint density at radius 3 is 2.57 bits per heavy atom. The van der Waals surface area contributed by atoms with Gasteiger partial charge in [-0.2, -0.15) is 0 Å². The van der Waals surface area contributed by atoms with E-state index in [0.717, 1.165) is 0 Å². The van der Waals surface area contributed by atoms with Crippen LogP contribution in [0.25, 0.3) is 0 Å². The zero-order chi connectivity index (χ0) is 10.7. The molecule has 1 rings (SSSR count). The van der Waals surface area contributed by atoms with Crippen molar-refractivity contribution in [3.63, 3.8) is 0 Å². The summed E-state index contributed by atoms with van der Waals surface area (Å²) in [6.45, 7) is 2.19. The molecule has 0 amide bonds. The molecule has 0 fully saturated rings. The van der Waals surface area contributed by atoms with E-state index < -0.39 is 5.24 Å². The van der Waals surface area contributed by atoms with Crippen molar-refractivity contribution in [3.05, 3.63) is 27.7 Å². The van der Waals surface area contributed by atoms with E-state index in [2.05, 4.69) is 0 Å². The number of benzene rings is 1. The third-order valence-corrected chi connectivity index (χ3v) is 2.21. The van der Waals surface area contributed by atoms with Crippen LogP contribution < -0.4 is 4.74 Å². The monoisotopic (exact) mass is 252 g/mol. The van der Waals surface area contributed by atoms with Crippen LogP contribution in [0.15, 0.2) is 12.1 Å². The van der Waals surface area contributed by atoms with Gasteiger partial charge in [0.15, 0.2) is 0 Å². The van der Waals surface area contributed by atoms with Gasteiger partial charge in [0.1, 0.15) is 5.75 Å². The summed E-state index contributed by atoms with van der Waals surface area (Å²) in [5.74, 6) is 0.276. The van der Waals surface area contributed by atoms with E-state index in [4.69, 9.17) is 39.5 Å². The van der Waals surface area contributed by atoms with Crippen LogP contribution in [0, 0.1) is 0 Å². The zero-order valence-electron chi connectivity index (χ0n) is 7.31. The van der Waals surface area contributed by atoms with Gasteiger partial charge in [-0.15, -0.1) is 0 Å². The van der Waals surface area contributed by atoms with E-state index in [9.17, 15) is 4.79 Å². The number of carbonyl (C=O) groups is 1. The maximum absolute atomic E-state index is 11.0. The van der Waals surface area contributed by atoms with Crippen molar-refractivity contribution in [2.24, 2.45) is 0 Å². The van der Waals surface area contributed by atoms with Crippen LogP contribution >= 0.6 is 34.8 Å². The van der Waals surface area contributed by atoms with Crippen molar-refractivity contribution < 1.29 is 9.53 Å². The minimum Gasteiger partial charge on any atom is -0.491 e. The molecule has 1 aromatic rings. The van der Waals surface area contributed by atoms with Crippen molar-refractivity contribution in [1.29, 1.82) is 0 Å². The van der Waals surface area contributed by atoms with Crippen molar-refractivity contribution in [2.45, 2.75) is 6.92 Å². The molecule has 0 N–H and O–H groups in total. The van der Waals surface area contributed by atoms with Gasteiger partial charge in [0.05, 0.1) is 17.2 Å². The number of ether oxygens (including phenoxy) is 1. The molecule has 0 aromatic heterocycles. The third-order valence-electron chi connectivity index (χ3n) is 1.51. The standard InChI is InChI=1S/C9H7Cl3O2/c1-2-14-8-6(9(12)13)3-5(10)4-7(8)11/h3-4H,2H2,1H3. The highest BCUT2D eigenvalue weighted by atomic mass is 35.5. The predicted octanol–water partition coefficient (Wildman–Crippen LogP) is 3.77. The van der Waals surface area contributed by atoms with Gasteiger partial charge in [-0.05, 0) is 30.7 Å². The van der Waals surface area contributed by atoms with E-state index >= 15 is 0 Å². The lowest BCUT2D eigenvalue weighted by atomic mass is 10.2. The van der Waals surface area contributed by atoms with E-state index in [0.29, 0.717) is 11.6 Å². The number of rotatable bonds is 3. The van der Waals surface area contributed by atoms with Gasteiger partial charge in [0, 0.05) is 5.02 Å². The molecule has 0 heterocycles. The highest BCUT2D eigenvalue weighted by Crippen LogP contribution is 2.33. The fraction of sp³-hybridized carbons (Fsp3) is 0.222. The Balaban J connectivity index is 3.28. The van der Waals surface area contributed by atoms with E-state index in [1.54, 1.807) is 6.92 Å². The summed E-state index contributed by atoms with van der Waals surface area (Å²) < 4.78 is 5.19. The Labute approximate surface area is 96.7 Å². The fourth-order valence-electron chi connectivity index (χ4n) is 0.997. The maximum atomic E-state index is 11.0. The first kappa shape index (κ1) is 11.6. The molecule has 0 atom stereocenters. The van der Waals surface area contributed by atoms with Crippen LogP contribution in [0.4, 0.5) is 0 Å². The lowest BCUT2D eigenvalue weighted by Gasteiger charge is -2.09. The minimum atomic E-state index is -0.641. The minimum absolute atomic E-state index is 0.186. The summed E-state index contributed by atoms with van der Waals surface area (Å²) in [5.41, 5.74) is 0.186. The molecule has 0 saturated heterocycles. The molecule has 0 saturated carbocycles. The van der Waals surface area contributed by atoms with Crippen LogP contribution in [0.5, 0.6) is 5.75 Å². The normalized spacial score (nSPS) is 10.0. The summed E-state index contributed by atoms with van der Waals surface area (Å²) in [6, 6.07) is 2.92. The molecule has 0 aliphatic rings. The van der Waals surface area contributed by atoms with Crippen LogP contribution in [-0.2, 0) is 0 Å². The SMILES string of the molecule is CCOc1c(Cl)cc(Cl)cc1C(=O)Cl. The Morgan fingerprint density at radius 2 is 2.07 bits per heavy atom. The third kappa shape index (κ3) is 2.53. The van der Waals surface area contributed by atoms with Crippen molar-refractivity contribution in [1.82, 2.24) is 0 Å². The predicted molar refractivity (Wildman–Crippen MR) is 57.8 cm³/mol. The van der Waals surface area contributed by atoms with E-state index in [-0.39, 0.29) is 16.3 Å². The topological polar surface area (TPSA) is 26.3 Å². The summed E-state index contributed by atoms with van der Waals surface area (Å²) in [5, 5.41) is -0.0105. The van der Waals surface area contributed by atoms with Crippen LogP contribution in [0.2, 0.25) is 10.0 Å². The Bertz CT molecular complexity index is 363. The fourth-order valence-corrected chi connectivity index (χ4v) is 1.69. The quantitative estimate of drug-likeness (QED) is 0.767. The van der Waals surface area contributed by atoms with Gasteiger partial charge < -0.3 is 4.74 Å². The highest BCUT2D eigenvalue weighted by molar-refractivity contribution is 6.68. The molecule has 0 spiro atoms. The van der Waals surface area contributed by atoms with Crippen molar-refractivity contribution >= 4 is 40.0 Å². The molecule has 1 aromatic carbocycles. The second-order valence-electron chi connectivity index (χ2n) is 2.47. The molecule has 5 heteroatoms. The second kappa shape index (κ2) is 4.87. The van der Waals surface area contributed by atoms with Crippen molar-refractivity contribution in [2.75, 3.05) is 6.61 Å². The van der Waals surface area contributed by atoms with Crippen molar-refractivity contribution in [3.8, 4) is 5.75 Å². The molecule has 0 unspecified atom stereocenters. The van der Waals surface area contributed by atoms with Gasteiger partial charge >= 0.3 is 0 Å². The Morgan fingerprint density at radius 1 is 1.43 bits per heavy atom. The summed E-state index contributed by atoms with van der Waals surface area (Å²) >= 11 is 16.9. The maximum Gasteiger partial charge on any atom is 0.256 e. The summed E-state index contributed by atoms with van der Waals surface area (Å²) in [4.78, 5) is 11.0. The first-order valence-electron chi connectivity index (χ1n) is 3.88. The molecule has 76 valence electrons. The van der Waals surface area contributed by atoms with E-state index in [1.165, 1.54) is 12.1 Å². The Kier molecular flexibility index (Phi) is 4.05. The molecular formula is C9H7Cl3O2. The average molecular weight is 254 g/mol. The second-order valence-corrected chi connectivity index (χ2v) is 3.66.